The maximum atomic E-state index is 12.9. The molecule has 1 heterocycles. The highest BCUT2D eigenvalue weighted by atomic mass is 32.1. The number of hydrogen-bond acceptors (Lipinski definition) is 2. The summed E-state index contributed by atoms with van der Waals surface area (Å²) in [4.78, 5) is 12.1. The summed E-state index contributed by atoms with van der Waals surface area (Å²) in [5.74, 6) is -1.43. The highest BCUT2D eigenvalue weighted by molar-refractivity contribution is 7.12. The van der Waals surface area contributed by atoms with Crippen LogP contribution in [-0.4, -0.2) is 5.91 Å². The van der Waals surface area contributed by atoms with E-state index in [4.69, 9.17) is 0 Å². The molecule has 106 valence electrons. The standard InChI is InChI=1S/C13H9F4NOS/c14-9-4-3-8(10(6-9)13(15,16)17)7-18-12(19)11-2-1-5-20-11/h1-6H,7H2,(H,18,19). The van der Waals surface area contributed by atoms with Crippen molar-refractivity contribution in [2.75, 3.05) is 0 Å². The second-order valence-corrected chi connectivity index (χ2v) is 4.91. The lowest BCUT2D eigenvalue weighted by Gasteiger charge is -2.13. The zero-order valence-electron chi connectivity index (χ0n) is 10.00. The molecule has 2 rings (SSSR count). The normalized spacial score (nSPS) is 11.4. The maximum absolute atomic E-state index is 12.9. The maximum Gasteiger partial charge on any atom is 0.416 e. The molecular weight excluding hydrogens is 294 g/mol. The van der Waals surface area contributed by atoms with Crippen molar-refractivity contribution in [2.45, 2.75) is 12.7 Å². The van der Waals surface area contributed by atoms with Crippen molar-refractivity contribution in [3.8, 4) is 0 Å². The van der Waals surface area contributed by atoms with Crippen molar-refractivity contribution in [1.29, 1.82) is 0 Å². The van der Waals surface area contributed by atoms with Crippen molar-refractivity contribution >= 4 is 17.2 Å². The molecule has 7 heteroatoms. The number of thiophene rings is 1. The van der Waals surface area contributed by atoms with Crippen LogP contribution in [0.3, 0.4) is 0 Å². The highest BCUT2D eigenvalue weighted by Crippen LogP contribution is 2.32. The first-order valence-corrected chi connectivity index (χ1v) is 6.43. The molecule has 0 fully saturated rings. The minimum Gasteiger partial charge on any atom is -0.347 e. The molecule has 0 saturated carbocycles. The van der Waals surface area contributed by atoms with Crippen molar-refractivity contribution in [2.24, 2.45) is 0 Å². The van der Waals surface area contributed by atoms with Gasteiger partial charge in [-0.2, -0.15) is 13.2 Å². The molecule has 0 radical (unpaired) electrons. The van der Waals surface area contributed by atoms with Crippen LogP contribution in [0.15, 0.2) is 35.7 Å². The van der Waals surface area contributed by atoms with Crippen LogP contribution in [0.5, 0.6) is 0 Å². The summed E-state index contributed by atoms with van der Waals surface area (Å²) in [5.41, 5.74) is -1.26. The third kappa shape index (κ3) is 3.36. The van der Waals surface area contributed by atoms with Gasteiger partial charge in [-0.05, 0) is 29.1 Å². The predicted octanol–water partition coefficient (Wildman–Crippen LogP) is 3.84. The predicted molar refractivity (Wildman–Crippen MR) is 66.9 cm³/mol. The van der Waals surface area contributed by atoms with Crippen LogP contribution >= 0.6 is 11.3 Å². The molecule has 0 spiro atoms. The molecule has 1 aromatic carbocycles. The summed E-state index contributed by atoms with van der Waals surface area (Å²) in [5, 5.41) is 4.07. The molecule has 2 aromatic rings. The Bertz CT molecular complexity index is 607. The van der Waals surface area contributed by atoms with Crippen molar-refractivity contribution in [3.63, 3.8) is 0 Å². The minimum atomic E-state index is -4.66. The Hall–Kier alpha value is -1.89. The van der Waals surface area contributed by atoms with E-state index in [1.54, 1.807) is 17.5 Å². The quantitative estimate of drug-likeness (QED) is 0.858. The molecule has 20 heavy (non-hydrogen) atoms. The summed E-state index contributed by atoms with van der Waals surface area (Å²) >= 11 is 1.18. The summed E-state index contributed by atoms with van der Waals surface area (Å²) in [6.45, 7) is -0.314. The molecular formula is C13H9F4NOS. The van der Waals surface area contributed by atoms with E-state index < -0.39 is 23.5 Å². The van der Waals surface area contributed by atoms with E-state index in [1.165, 1.54) is 11.3 Å². The van der Waals surface area contributed by atoms with Gasteiger partial charge >= 0.3 is 6.18 Å². The van der Waals surface area contributed by atoms with Gasteiger partial charge in [0, 0.05) is 6.54 Å². The Labute approximate surface area is 116 Å². The SMILES string of the molecule is O=C(NCc1ccc(F)cc1C(F)(F)F)c1cccs1. The molecule has 1 aromatic heterocycles. The van der Waals surface area contributed by atoms with E-state index in [-0.39, 0.29) is 12.1 Å². The Morgan fingerprint density at radius 3 is 2.60 bits per heavy atom. The molecule has 0 aliphatic carbocycles. The van der Waals surface area contributed by atoms with Gasteiger partial charge < -0.3 is 5.32 Å². The Morgan fingerprint density at radius 2 is 2.00 bits per heavy atom. The second kappa shape index (κ2) is 5.62. The van der Waals surface area contributed by atoms with Crippen LogP contribution in [0.2, 0.25) is 0 Å². The van der Waals surface area contributed by atoms with Crippen molar-refractivity contribution in [3.05, 3.63) is 57.5 Å². The molecule has 1 N–H and O–H groups in total. The van der Waals surface area contributed by atoms with E-state index in [9.17, 15) is 22.4 Å². The topological polar surface area (TPSA) is 29.1 Å². The third-order valence-corrected chi connectivity index (χ3v) is 3.43. The van der Waals surface area contributed by atoms with Crippen LogP contribution in [-0.2, 0) is 12.7 Å². The van der Waals surface area contributed by atoms with Crippen LogP contribution in [0, 0.1) is 5.82 Å². The van der Waals surface area contributed by atoms with Crippen molar-refractivity contribution < 1.29 is 22.4 Å². The van der Waals surface area contributed by atoms with Crippen LogP contribution < -0.4 is 5.32 Å². The average molecular weight is 303 g/mol. The van der Waals surface area contributed by atoms with Gasteiger partial charge in [0.15, 0.2) is 0 Å². The number of halogens is 4. The first-order chi connectivity index (χ1) is 9.38. The van der Waals surface area contributed by atoms with E-state index in [1.807, 2.05) is 0 Å². The summed E-state index contributed by atoms with van der Waals surface area (Å²) in [6, 6.07) is 5.61. The van der Waals surface area contributed by atoms with Gasteiger partial charge in [0.2, 0.25) is 0 Å². The van der Waals surface area contributed by atoms with Gasteiger partial charge in [0.1, 0.15) is 5.82 Å². The van der Waals surface area contributed by atoms with Gasteiger partial charge in [0.25, 0.3) is 5.91 Å². The van der Waals surface area contributed by atoms with Gasteiger partial charge in [-0.15, -0.1) is 11.3 Å². The Kier molecular flexibility index (Phi) is 4.08. The van der Waals surface area contributed by atoms with Gasteiger partial charge in [-0.1, -0.05) is 12.1 Å². The minimum absolute atomic E-state index is 0.177. The monoisotopic (exact) mass is 303 g/mol. The molecule has 0 atom stereocenters. The molecule has 2 nitrogen and oxygen atoms in total. The van der Waals surface area contributed by atoms with Gasteiger partial charge in [-0.3, -0.25) is 4.79 Å². The number of alkyl halides is 3. The molecule has 1 amide bonds. The smallest absolute Gasteiger partial charge is 0.347 e. The molecule has 0 bridgehead atoms. The summed E-state index contributed by atoms with van der Waals surface area (Å²) < 4.78 is 51.2. The fourth-order valence-electron chi connectivity index (χ4n) is 1.64. The lowest BCUT2D eigenvalue weighted by atomic mass is 10.1. The second-order valence-electron chi connectivity index (χ2n) is 3.96. The molecule has 0 unspecified atom stereocenters. The first kappa shape index (κ1) is 14.5. The lowest BCUT2D eigenvalue weighted by Crippen LogP contribution is -2.23. The van der Waals surface area contributed by atoms with Crippen LogP contribution in [0.4, 0.5) is 17.6 Å². The lowest BCUT2D eigenvalue weighted by molar-refractivity contribution is -0.138. The fraction of sp³-hybridized carbons (Fsp3) is 0.154. The number of carbonyl (C=O) groups excluding carboxylic acids is 1. The van der Waals surface area contributed by atoms with Gasteiger partial charge in [-0.25, -0.2) is 4.39 Å². The third-order valence-electron chi connectivity index (χ3n) is 2.56. The number of benzene rings is 1. The van der Waals surface area contributed by atoms with Crippen LogP contribution in [0.25, 0.3) is 0 Å². The summed E-state index contributed by atoms with van der Waals surface area (Å²) in [7, 11) is 0. The van der Waals surface area contributed by atoms with E-state index >= 15 is 0 Å². The number of amides is 1. The van der Waals surface area contributed by atoms with Gasteiger partial charge in [0.05, 0.1) is 10.4 Å². The Morgan fingerprint density at radius 1 is 1.25 bits per heavy atom. The zero-order chi connectivity index (χ0) is 14.8. The number of nitrogens with one attached hydrogen (secondary N) is 1. The first-order valence-electron chi connectivity index (χ1n) is 5.55. The number of hydrogen-bond donors (Lipinski definition) is 1. The number of rotatable bonds is 3. The van der Waals surface area contributed by atoms with Crippen LogP contribution in [0.1, 0.15) is 20.8 Å². The molecule has 0 aliphatic heterocycles. The molecule has 0 aliphatic rings. The van der Waals surface area contributed by atoms with E-state index in [2.05, 4.69) is 5.32 Å². The Balaban J connectivity index is 2.16. The fourth-order valence-corrected chi connectivity index (χ4v) is 2.28. The average Bonchev–Trinajstić information content (AvgIpc) is 2.89. The van der Waals surface area contributed by atoms with E-state index in [0.717, 1.165) is 12.1 Å². The number of carbonyl (C=O) groups is 1. The largest absolute Gasteiger partial charge is 0.416 e. The molecule has 0 saturated heterocycles. The zero-order valence-corrected chi connectivity index (χ0v) is 10.8. The highest BCUT2D eigenvalue weighted by Gasteiger charge is 2.33. The van der Waals surface area contributed by atoms with E-state index in [0.29, 0.717) is 10.9 Å². The summed E-state index contributed by atoms with van der Waals surface area (Å²) in [6.07, 6.45) is -4.66. The van der Waals surface area contributed by atoms with Crippen molar-refractivity contribution in [1.82, 2.24) is 5.32 Å².